The van der Waals surface area contributed by atoms with E-state index in [1.807, 2.05) is 10.8 Å². The number of aryl methyl sites for hydroxylation is 1. The zero-order valence-electron chi connectivity index (χ0n) is 10.6. The number of benzene rings is 1. The monoisotopic (exact) mass is 261 g/mol. The molecule has 0 aliphatic heterocycles. The Kier molecular flexibility index (Phi) is 4.80. The second-order valence-electron chi connectivity index (χ2n) is 4.26. The van der Waals surface area contributed by atoms with Crippen molar-refractivity contribution in [2.24, 2.45) is 0 Å². The molecule has 0 unspecified atom stereocenters. The second-order valence-corrected chi connectivity index (χ2v) is 4.26. The summed E-state index contributed by atoms with van der Waals surface area (Å²) in [4.78, 5) is 15.7. The van der Waals surface area contributed by atoms with E-state index >= 15 is 0 Å². The molecule has 0 amide bonds. The van der Waals surface area contributed by atoms with Crippen molar-refractivity contribution in [2.45, 2.75) is 13.0 Å². The number of nitrogens with one attached hydrogen (secondary N) is 1. The van der Waals surface area contributed by atoms with Gasteiger partial charge in [-0.1, -0.05) is 0 Å². The van der Waals surface area contributed by atoms with Crippen LogP contribution in [0.4, 0.5) is 4.39 Å². The van der Waals surface area contributed by atoms with Gasteiger partial charge in [0.2, 0.25) is 0 Å². The molecule has 0 aliphatic rings. The Balaban J connectivity index is 1.65. The fraction of sp³-hybridized carbons (Fsp3) is 0.286. The maximum Gasteiger partial charge on any atom is 0.176 e. The Morgan fingerprint density at radius 2 is 2.11 bits per heavy atom. The lowest BCUT2D eigenvalue weighted by molar-refractivity contribution is 0.0991. The third kappa shape index (κ3) is 4.30. The Morgan fingerprint density at radius 1 is 1.32 bits per heavy atom. The van der Waals surface area contributed by atoms with Crippen molar-refractivity contribution in [1.82, 2.24) is 14.9 Å². The van der Waals surface area contributed by atoms with Gasteiger partial charge in [0, 0.05) is 24.5 Å². The molecule has 0 saturated carbocycles. The summed E-state index contributed by atoms with van der Waals surface area (Å²) in [6, 6.07) is 5.61. The number of hydrogen-bond donors (Lipinski definition) is 1. The number of rotatable bonds is 7. The molecule has 2 rings (SSSR count). The molecule has 100 valence electrons. The van der Waals surface area contributed by atoms with Crippen LogP contribution in [0.25, 0.3) is 0 Å². The first-order valence-electron chi connectivity index (χ1n) is 6.21. The van der Waals surface area contributed by atoms with Crippen LogP contribution in [-0.4, -0.2) is 28.4 Å². The average Bonchev–Trinajstić information content (AvgIpc) is 2.92. The van der Waals surface area contributed by atoms with Crippen LogP contribution in [0.3, 0.4) is 0 Å². The highest BCUT2D eigenvalue weighted by atomic mass is 19.1. The van der Waals surface area contributed by atoms with E-state index in [-0.39, 0.29) is 18.1 Å². The summed E-state index contributed by atoms with van der Waals surface area (Å²) >= 11 is 0. The Hall–Kier alpha value is -2.01. The topological polar surface area (TPSA) is 46.9 Å². The molecule has 19 heavy (non-hydrogen) atoms. The first-order chi connectivity index (χ1) is 9.25. The first kappa shape index (κ1) is 13.4. The Labute approximate surface area is 111 Å². The summed E-state index contributed by atoms with van der Waals surface area (Å²) in [5.74, 6) is -0.354. The Morgan fingerprint density at radius 3 is 2.79 bits per heavy atom. The van der Waals surface area contributed by atoms with Crippen molar-refractivity contribution < 1.29 is 9.18 Å². The van der Waals surface area contributed by atoms with Crippen molar-refractivity contribution in [3.05, 3.63) is 54.4 Å². The van der Waals surface area contributed by atoms with Gasteiger partial charge in [-0.15, -0.1) is 0 Å². The van der Waals surface area contributed by atoms with Crippen molar-refractivity contribution in [1.29, 1.82) is 0 Å². The predicted molar refractivity (Wildman–Crippen MR) is 70.4 cm³/mol. The molecular weight excluding hydrogens is 245 g/mol. The number of imidazole rings is 1. The molecule has 0 aliphatic carbocycles. The van der Waals surface area contributed by atoms with Gasteiger partial charge < -0.3 is 9.88 Å². The number of nitrogens with zero attached hydrogens (tertiary/aromatic N) is 2. The van der Waals surface area contributed by atoms with Gasteiger partial charge >= 0.3 is 0 Å². The summed E-state index contributed by atoms with van der Waals surface area (Å²) in [5, 5.41) is 3.08. The highest BCUT2D eigenvalue weighted by molar-refractivity contribution is 5.97. The molecule has 2 aromatic rings. The van der Waals surface area contributed by atoms with Crippen molar-refractivity contribution in [3.63, 3.8) is 0 Å². The summed E-state index contributed by atoms with van der Waals surface area (Å²) < 4.78 is 14.7. The standard InChI is InChI=1S/C14H16FN3O/c15-13-4-2-12(3-5-13)14(19)10-16-6-1-8-18-9-7-17-11-18/h2-5,7,9,11,16H,1,6,8,10H2. The summed E-state index contributed by atoms with van der Waals surface area (Å²) in [6.45, 7) is 1.90. The fourth-order valence-electron chi connectivity index (χ4n) is 1.75. The van der Waals surface area contributed by atoms with Crippen LogP contribution in [0.1, 0.15) is 16.8 Å². The van der Waals surface area contributed by atoms with Gasteiger partial charge in [0.05, 0.1) is 12.9 Å². The molecule has 4 nitrogen and oxygen atoms in total. The van der Waals surface area contributed by atoms with Crippen molar-refractivity contribution in [3.8, 4) is 0 Å². The van der Waals surface area contributed by atoms with Gasteiger partial charge in [-0.2, -0.15) is 0 Å². The molecule has 0 saturated heterocycles. The minimum absolute atomic E-state index is 0.0253. The van der Waals surface area contributed by atoms with Gasteiger partial charge in [-0.05, 0) is 37.2 Å². The van der Waals surface area contributed by atoms with Gasteiger partial charge in [-0.3, -0.25) is 4.79 Å². The molecule has 0 fully saturated rings. The lowest BCUT2D eigenvalue weighted by Crippen LogP contribution is -2.24. The minimum Gasteiger partial charge on any atom is -0.337 e. The smallest absolute Gasteiger partial charge is 0.176 e. The SMILES string of the molecule is O=C(CNCCCn1ccnc1)c1ccc(F)cc1. The van der Waals surface area contributed by atoms with E-state index in [1.165, 1.54) is 24.3 Å². The summed E-state index contributed by atoms with van der Waals surface area (Å²) in [5.41, 5.74) is 0.531. The normalized spacial score (nSPS) is 10.6. The van der Waals surface area contributed by atoms with Gasteiger partial charge in [0.25, 0.3) is 0 Å². The molecule has 0 spiro atoms. The molecule has 1 N–H and O–H groups in total. The van der Waals surface area contributed by atoms with Gasteiger partial charge in [-0.25, -0.2) is 9.37 Å². The number of carbonyl (C=O) groups excluding carboxylic acids is 1. The second kappa shape index (κ2) is 6.80. The first-order valence-corrected chi connectivity index (χ1v) is 6.21. The molecule has 0 bridgehead atoms. The highest BCUT2D eigenvalue weighted by Crippen LogP contribution is 2.03. The largest absolute Gasteiger partial charge is 0.337 e. The molecule has 5 heteroatoms. The molecule has 0 atom stereocenters. The average molecular weight is 261 g/mol. The lowest BCUT2D eigenvalue weighted by atomic mass is 10.1. The van der Waals surface area contributed by atoms with Gasteiger partial charge in [0.1, 0.15) is 5.82 Å². The maximum atomic E-state index is 12.7. The van der Waals surface area contributed by atoms with Crippen LogP contribution in [0.15, 0.2) is 43.0 Å². The number of halogens is 1. The van der Waals surface area contributed by atoms with E-state index in [1.54, 1.807) is 12.5 Å². The van der Waals surface area contributed by atoms with Crippen molar-refractivity contribution in [2.75, 3.05) is 13.1 Å². The number of hydrogen-bond acceptors (Lipinski definition) is 3. The zero-order valence-corrected chi connectivity index (χ0v) is 10.6. The molecule has 1 aromatic carbocycles. The number of Topliss-reactive ketones (excluding diaryl/α,β-unsaturated/α-hetero) is 1. The third-order valence-electron chi connectivity index (χ3n) is 2.78. The number of carbonyl (C=O) groups is 1. The van der Waals surface area contributed by atoms with Crippen LogP contribution in [0.2, 0.25) is 0 Å². The zero-order chi connectivity index (χ0) is 13.5. The van der Waals surface area contributed by atoms with E-state index in [0.29, 0.717) is 5.56 Å². The van der Waals surface area contributed by atoms with E-state index in [4.69, 9.17) is 0 Å². The molecule has 1 aromatic heterocycles. The number of aromatic nitrogens is 2. The minimum atomic E-state index is -0.329. The maximum absolute atomic E-state index is 12.7. The molecule has 1 heterocycles. The fourth-order valence-corrected chi connectivity index (χ4v) is 1.75. The van der Waals surface area contributed by atoms with Crippen LogP contribution in [0.5, 0.6) is 0 Å². The van der Waals surface area contributed by atoms with Crippen LogP contribution in [0, 0.1) is 5.82 Å². The van der Waals surface area contributed by atoms with Crippen LogP contribution in [-0.2, 0) is 6.54 Å². The van der Waals surface area contributed by atoms with Gasteiger partial charge in [0.15, 0.2) is 5.78 Å². The number of ketones is 1. The van der Waals surface area contributed by atoms with E-state index in [2.05, 4.69) is 10.3 Å². The van der Waals surface area contributed by atoms with E-state index in [0.717, 1.165) is 19.5 Å². The summed E-state index contributed by atoms with van der Waals surface area (Å²) in [7, 11) is 0. The molecular formula is C14H16FN3O. The van der Waals surface area contributed by atoms with E-state index < -0.39 is 0 Å². The lowest BCUT2D eigenvalue weighted by Gasteiger charge is -2.05. The Bertz CT molecular complexity index is 508. The van der Waals surface area contributed by atoms with Crippen molar-refractivity contribution >= 4 is 5.78 Å². The summed E-state index contributed by atoms with van der Waals surface area (Å²) in [6.07, 6.45) is 6.34. The highest BCUT2D eigenvalue weighted by Gasteiger charge is 2.04. The van der Waals surface area contributed by atoms with Crippen LogP contribution < -0.4 is 5.32 Å². The van der Waals surface area contributed by atoms with E-state index in [9.17, 15) is 9.18 Å². The predicted octanol–water partition coefficient (Wildman–Crippen LogP) is 1.88. The quantitative estimate of drug-likeness (QED) is 0.611. The molecule has 0 radical (unpaired) electrons. The third-order valence-corrected chi connectivity index (χ3v) is 2.78. The van der Waals surface area contributed by atoms with Crippen LogP contribution >= 0.6 is 0 Å².